The van der Waals surface area contributed by atoms with Gasteiger partial charge in [0.25, 0.3) is 5.91 Å². The van der Waals surface area contributed by atoms with E-state index in [1.54, 1.807) is 42.5 Å². The molecule has 0 unspecified atom stereocenters. The highest BCUT2D eigenvalue weighted by atomic mass is 35.5. The molecule has 0 saturated carbocycles. The maximum Gasteiger partial charge on any atom is 0.276 e. The van der Waals surface area contributed by atoms with Crippen LogP contribution in [0.4, 0.5) is 15.9 Å². The quantitative estimate of drug-likeness (QED) is 0.665. The lowest BCUT2D eigenvalue weighted by atomic mass is 10.2. The number of anilines is 2. The number of benzene rings is 2. The highest BCUT2D eigenvalue weighted by Gasteiger charge is 2.10. The van der Waals surface area contributed by atoms with Crippen molar-refractivity contribution < 1.29 is 13.9 Å². The van der Waals surface area contributed by atoms with Crippen molar-refractivity contribution in [3.8, 4) is 5.75 Å². The number of rotatable bonds is 6. The fraction of sp³-hybridized carbons (Fsp3) is 0.105. The van der Waals surface area contributed by atoms with Crippen molar-refractivity contribution in [1.82, 2.24) is 10.2 Å². The summed E-state index contributed by atoms with van der Waals surface area (Å²) in [6.45, 7) is 0.463. The van der Waals surface area contributed by atoms with Gasteiger partial charge < -0.3 is 15.4 Å². The topological polar surface area (TPSA) is 76.1 Å². The van der Waals surface area contributed by atoms with Gasteiger partial charge in [0.05, 0.1) is 12.1 Å². The first-order chi connectivity index (χ1) is 13.0. The number of ether oxygens (including phenoxy) is 1. The Bertz CT molecular complexity index is 933. The third kappa shape index (κ3) is 4.92. The third-order valence-electron chi connectivity index (χ3n) is 3.69. The Morgan fingerprint density at radius 3 is 2.52 bits per heavy atom. The van der Waals surface area contributed by atoms with E-state index in [4.69, 9.17) is 16.3 Å². The Hall–Kier alpha value is -3.19. The van der Waals surface area contributed by atoms with E-state index in [9.17, 15) is 9.18 Å². The second-order valence-corrected chi connectivity index (χ2v) is 5.99. The minimum atomic E-state index is -0.409. The van der Waals surface area contributed by atoms with Crippen LogP contribution in [0.3, 0.4) is 0 Å². The van der Waals surface area contributed by atoms with Gasteiger partial charge in [0.1, 0.15) is 17.4 Å². The van der Waals surface area contributed by atoms with E-state index < -0.39 is 5.91 Å². The van der Waals surface area contributed by atoms with E-state index in [-0.39, 0.29) is 11.5 Å². The van der Waals surface area contributed by atoms with Crippen LogP contribution in [0.25, 0.3) is 0 Å². The van der Waals surface area contributed by atoms with Crippen LogP contribution in [0.5, 0.6) is 5.75 Å². The van der Waals surface area contributed by atoms with Crippen LogP contribution < -0.4 is 15.4 Å². The minimum absolute atomic E-state index is 0.161. The molecule has 138 valence electrons. The fourth-order valence-corrected chi connectivity index (χ4v) is 2.54. The number of amides is 1. The lowest BCUT2D eigenvalue weighted by Crippen LogP contribution is -2.15. The molecule has 8 heteroatoms. The number of carbonyl (C=O) groups excluding carboxylic acids is 1. The number of halogens is 2. The zero-order chi connectivity index (χ0) is 19.2. The van der Waals surface area contributed by atoms with Crippen molar-refractivity contribution in [2.75, 3.05) is 17.7 Å². The summed E-state index contributed by atoms with van der Waals surface area (Å²) in [5.41, 5.74) is 1.58. The van der Waals surface area contributed by atoms with Crippen LogP contribution in [-0.2, 0) is 6.54 Å². The molecule has 0 fully saturated rings. The van der Waals surface area contributed by atoms with Crippen molar-refractivity contribution >= 4 is 29.0 Å². The van der Waals surface area contributed by atoms with Crippen molar-refractivity contribution in [3.63, 3.8) is 0 Å². The van der Waals surface area contributed by atoms with Crippen LogP contribution in [0.15, 0.2) is 54.6 Å². The largest absolute Gasteiger partial charge is 0.495 e. The Kier molecular flexibility index (Phi) is 5.83. The average Bonchev–Trinajstić information content (AvgIpc) is 2.68. The van der Waals surface area contributed by atoms with Crippen LogP contribution >= 0.6 is 11.6 Å². The number of nitrogens with zero attached hydrogens (tertiary/aromatic N) is 2. The van der Waals surface area contributed by atoms with E-state index in [0.29, 0.717) is 28.8 Å². The van der Waals surface area contributed by atoms with Gasteiger partial charge in [-0.2, -0.15) is 0 Å². The highest BCUT2D eigenvalue weighted by Crippen LogP contribution is 2.27. The third-order valence-corrected chi connectivity index (χ3v) is 3.99. The van der Waals surface area contributed by atoms with E-state index in [0.717, 1.165) is 5.56 Å². The fourth-order valence-electron chi connectivity index (χ4n) is 2.28. The van der Waals surface area contributed by atoms with Gasteiger partial charge in [-0.25, -0.2) is 4.39 Å². The number of hydrogen-bond donors (Lipinski definition) is 2. The SMILES string of the molecule is COc1ccc(NC(=O)c2ccc(NCc3ccc(F)cc3)nn2)cc1Cl. The summed E-state index contributed by atoms with van der Waals surface area (Å²) < 4.78 is 18.0. The van der Waals surface area contributed by atoms with Gasteiger partial charge in [0.15, 0.2) is 5.69 Å². The lowest BCUT2D eigenvalue weighted by molar-refractivity contribution is 0.102. The molecule has 0 saturated heterocycles. The van der Waals surface area contributed by atoms with Crippen molar-refractivity contribution in [2.24, 2.45) is 0 Å². The smallest absolute Gasteiger partial charge is 0.276 e. The van der Waals surface area contributed by atoms with Gasteiger partial charge in [-0.05, 0) is 48.0 Å². The Balaban J connectivity index is 1.59. The van der Waals surface area contributed by atoms with Crippen LogP contribution in [0.2, 0.25) is 5.02 Å². The Morgan fingerprint density at radius 1 is 1.11 bits per heavy atom. The van der Waals surface area contributed by atoms with E-state index >= 15 is 0 Å². The molecule has 0 aliphatic heterocycles. The van der Waals surface area contributed by atoms with Gasteiger partial charge in [0.2, 0.25) is 0 Å². The second kappa shape index (κ2) is 8.46. The zero-order valence-electron chi connectivity index (χ0n) is 14.4. The van der Waals surface area contributed by atoms with Crippen LogP contribution in [-0.4, -0.2) is 23.2 Å². The molecule has 0 aliphatic rings. The normalized spacial score (nSPS) is 10.3. The summed E-state index contributed by atoms with van der Waals surface area (Å²) in [6, 6.07) is 14.3. The summed E-state index contributed by atoms with van der Waals surface area (Å²) in [4.78, 5) is 12.3. The predicted octanol–water partition coefficient (Wildman–Crippen LogP) is 4.14. The number of carbonyl (C=O) groups is 1. The van der Waals surface area contributed by atoms with Gasteiger partial charge in [0, 0.05) is 12.2 Å². The second-order valence-electron chi connectivity index (χ2n) is 5.59. The number of hydrogen-bond acceptors (Lipinski definition) is 5. The summed E-state index contributed by atoms with van der Waals surface area (Å²) in [5, 5.41) is 14.0. The molecule has 2 aromatic carbocycles. The van der Waals surface area contributed by atoms with Gasteiger partial charge in [-0.3, -0.25) is 4.79 Å². The lowest BCUT2D eigenvalue weighted by Gasteiger charge is -2.08. The standard InChI is InChI=1S/C19H16ClFN4O2/c1-27-17-8-6-14(10-15(17)20)23-19(26)16-7-9-18(25-24-16)22-11-12-2-4-13(21)5-3-12/h2-10H,11H2,1H3,(H,22,25)(H,23,26). The van der Waals surface area contributed by atoms with Crippen LogP contribution in [0, 0.1) is 5.82 Å². The van der Waals surface area contributed by atoms with Gasteiger partial charge in [-0.1, -0.05) is 23.7 Å². The van der Waals surface area contributed by atoms with Gasteiger partial charge >= 0.3 is 0 Å². The van der Waals surface area contributed by atoms with Gasteiger partial charge in [-0.15, -0.1) is 10.2 Å². The molecular weight excluding hydrogens is 371 g/mol. The molecule has 0 atom stereocenters. The predicted molar refractivity (Wildman–Crippen MR) is 102 cm³/mol. The average molecular weight is 387 g/mol. The summed E-state index contributed by atoms with van der Waals surface area (Å²) in [7, 11) is 1.51. The Labute approximate surface area is 160 Å². The van der Waals surface area contributed by atoms with E-state index in [1.165, 1.54) is 19.2 Å². The maximum atomic E-state index is 12.9. The number of methoxy groups -OCH3 is 1. The van der Waals surface area contributed by atoms with Crippen molar-refractivity contribution in [3.05, 3.63) is 76.7 Å². The number of nitrogens with one attached hydrogen (secondary N) is 2. The summed E-state index contributed by atoms with van der Waals surface area (Å²) in [5.74, 6) is 0.329. The highest BCUT2D eigenvalue weighted by molar-refractivity contribution is 6.32. The molecule has 1 aromatic heterocycles. The maximum absolute atomic E-state index is 12.9. The first kappa shape index (κ1) is 18.6. The molecule has 27 heavy (non-hydrogen) atoms. The van der Waals surface area contributed by atoms with Crippen molar-refractivity contribution in [1.29, 1.82) is 0 Å². The molecule has 0 spiro atoms. The molecule has 1 heterocycles. The summed E-state index contributed by atoms with van der Waals surface area (Å²) >= 11 is 6.04. The minimum Gasteiger partial charge on any atom is -0.495 e. The van der Waals surface area contributed by atoms with Crippen molar-refractivity contribution in [2.45, 2.75) is 6.54 Å². The molecule has 3 aromatic rings. The molecule has 0 radical (unpaired) electrons. The monoisotopic (exact) mass is 386 g/mol. The molecule has 0 bridgehead atoms. The number of aromatic nitrogens is 2. The first-order valence-electron chi connectivity index (χ1n) is 8.02. The molecule has 3 rings (SSSR count). The Morgan fingerprint density at radius 2 is 1.89 bits per heavy atom. The summed E-state index contributed by atoms with van der Waals surface area (Å²) in [6.07, 6.45) is 0. The molecule has 2 N–H and O–H groups in total. The van der Waals surface area contributed by atoms with E-state index in [1.807, 2.05) is 0 Å². The molecule has 1 amide bonds. The zero-order valence-corrected chi connectivity index (χ0v) is 15.1. The van der Waals surface area contributed by atoms with E-state index in [2.05, 4.69) is 20.8 Å². The molecule has 6 nitrogen and oxygen atoms in total. The van der Waals surface area contributed by atoms with Crippen LogP contribution in [0.1, 0.15) is 16.1 Å². The first-order valence-corrected chi connectivity index (χ1v) is 8.40. The molecule has 0 aliphatic carbocycles. The molecular formula is C19H16ClFN4O2.